The molecule has 1 heterocycles. The first kappa shape index (κ1) is 14.6. The quantitative estimate of drug-likeness (QED) is 0.803. The van der Waals surface area contributed by atoms with Crippen LogP contribution >= 0.6 is 11.8 Å². The zero-order valence-corrected chi connectivity index (χ0v) is 12.8. The molecule has 0 radical (unpaired) electrons. The van der Waals surface area contributed by atoms with Gasteiger partial charge in [0.25, 0.3) is 0 Å². The molecule has 18 heavy (non-hydrogen) atoms. The van der Waals surface area contributed by atoms with Crippen LogP contribution in [-0.4, -0.2) is 48.0 Å². The fourth-order valence-corrected chi connectivity index (χ4v) is 4.35. The number of aliphatic hydroxyl groups is 1. The van der Waals surface area contributed by atoms with E-state index in [2.05, 4.69) is 19.2 Å². The van der Waals surface area contributed by atoms with E-state index in [9.17, 15) is 5.11 Å². The molecule has 1 saturated heterocycles. The summed E-state index contributed by atoms with van der Waals surface area (Å²) < 4.78 is 5.90. The first-order valence-electron chi connectivity index (χ1n) is 6.95. The Morgan fingerprint density at radius 3 is 2.89 bits per heavy atom. The van der Waals surface area contributed by atoms with Crippen LogP contribution in [0, 0.1) is 11.3 Å². The molecule has 3 nitrogen and oxygen atoms in total. The van der Waals surface area contributed by atoms with E-state index >= 15 is 0 Å². The Bertz CT molecular complexity index is 294. The van der Waals surface area contributed by atoms with Crippen molar-refractivity contribution in [3.8, 4) is 0 Å². The van der Waals surface area contributed by atoms with Crippen LogP contribution in [0.25, 0.3) is 0 Å². The molecule has 0 aromatic carbocycles. The molecule has 0 aromatic rings. The highest BCUT2D eigenvalue weighted by molar-refractivity contribution is 7.98. The van der Waals surface area contributed by atoms with Gasteiger partial charge in [-0.15, -0.1) is 0 Å². The van der Waals surface area contributed by atoms with Crippen molar-refractivity contribution in [2.24, 2.45) is 11.3 Å². The maximum Gasteiger partial charge on any atom is 0.0833 e. The van der Waals surface area contributed by atoms with Crippen molar-refractivity contribution < 1.29 is 9.84 Å². The topological polar surface area (TPSA) is 41.5 Å². The minimum Gasteiger partial charge on any atom is -0.388 e. The van der Waals surface area contributed by atoms with Gasteiger partial charge in [-0.1, -0.05) is 13.8 Å². The lowest BCUT2D eigenvalue weighted by atomic mass is 9.55. The highest BCUT2D eigenvalue weighted by atomic mass is 32.2. The van der Waals surface area contributed by atoms with Crippen molar-refractivity contribution >= 4 is 11.8 Å². The largest absolute Gasteiger partial charge is 0.388 e. The summed E-state index contributed by atoms with van der Waals surface area (Å²) in [6, 6.07) is 0.483. The van der Waals surface area contributed by atoms with Crippen LogP contribution in [0.5, 0.6) is 0 Å². The number of thioether (sulfide) groups is 1. The number of fused-ring (bicyclic) bond motifs is 1. The molecule has 1 aliphatic heterocycles. The third kappa shape index (κ3) is 2.72. The highest BCUT2D eigenvalue weighted by Gasteiger charge is 2.57. The lowest BCUT2D eigenvalue weighted by molar-refractivity contribution is -0.194. The zero-order valence-electron chi connectivity index (χ0n) is 12.0. The number of rotatable bonds is 5. The number of hydrogen-bond donors (Lipinski definition) is 2. The second-order valence-electron chi connectivity index (χ2n) is 6.71. The van der Waals surface area contributed by atoms with Gasteiger partial charge in [-0.3, -0.25) is 0 Å². The first-order chi connectivity index (χ1) is 8.38. The van der Waals surface area contributed by atoms with Gasteiger partial charge in [0, 0.05) is 36.3 Å². The molecular formula is C14H27NO2S. The van der Waals surface area contributed by atoms with Gasteiger partial charge in [0.1, 0.15) is 0 Å². The molecule has 106 valence electrons. The van der Waals surface area contributed by atoms with Crippen molar-refractivity contribution in [1.82, 2.24) is 5.32 Å². The van der Waals surface area contributed by atoms with Crippen LogP contribution in [0.2, 0.25) is 0 Å². The normalized spacial score (nSPS) is 37.5. The number of nitrogens with one attached hydrogen (secondary N) is 1. The van der Waals surface area contributed by atoms with Crippen molar-refractivity contribution in [3.05, 3.63) is 0 Å². The molecule has 1 saturated carbocycles. The fraction of sp³-hybridized carbons (Fsp3) is 1.00. The zero-order chi connectivity index (χ0) is 13.4. The summed E-state index contributed by atoms with van der Waals surface area (Å²) in [4.78, 5) is 0. The molecule has 4 unspecified atom stereocenters. The summed E-state index contributed by atoms with van der Waals surface area (Å²) in [5.74, 6) is 1.41. The van der Waals surface area contributed by atoms with Crippen LogP contribution in [0.1, 0.15) is 33.6 Å². The van der Waals surface area contributed by atoms with E-state index in [0.717, 1.165) is 12.4 Å². The van der Waals surface area contributed by atoms with Gasteiger partial charge in [0.15, 0.2) is 0 Å². The van der Waals surface area contributed by atoms with E-state index in [1.165, 1.54) is 12.8 Å². The standard InChI is InChI=1S/C14H27NO2S/c1-13(2)11(10-6-5-7-17-12(10)13)15-8-14(3,16)9-18-4/h10-12,15-16H,5-9H2,1-4H3. The maximum absolute atomic E-state index is 10.2. The summed E-state index contributed by atoms with van der Waals surface area (Å²) in [7, 11) is 0. The lowest BCUT2D eigenvalue weighted by Crippen LogP contribution is -2.70. The van der Waals surface area contributed by atoms with Crippen molar-refractivity contribution in [2.45, 2.75) is 51.4 Å². The van der Waals surface area contributed by atoms with Crippen LogP contribution in [0.3, 0.4) is 0 Å². The van der Waals surface area contributed by atoms with E-state index in [-0.39, 0.29) is 5.41 Å². The average Bonchev–Trinajstić information content (AvgIpc) is 2.28. The maximum atomic E-state index is 10.2. The fourth-order valence-electron chi connectivity index (χ4n) is 3.63. The molecule has 2 rings (SSSR count). The van der Waals surface area contributed by atoms with Crippen LogP contribution < -0.4 is 5.32 Å². The second kappa shape index (κ2) is 5.31. The van der Waals surface area contributed by atoms with Crippen LogP contribution in [0.4, 0.5) is 0 Å². The SMILES string of the molecule is CSCC(C)(O)CNC1C2CCCOC2C1(C)C. The highest BCUT2D eigenvalue weighted by Crippen LogP contribution is 2.51. The molecular weight excluding hydrogens is 246 g/mol. The predicted molar refractivity (Wildman–Crippen MR) is 77.0 cm³/mol. The van der Waals surface area contributed by atoms with Gasteiger partial charge in [-0.05, 0) is 26.0 Å². The van der Waals surface area contributed by atoms with E-state index in [4.69, 9.17) is 4.74 Å². The smallest absolute Gasteiger partial charge is 0.0833 e. The van der Waals surface area contributed by atoms with Crippen LogP contribution in [0.15, 0.2) is 0 Å². The first-order valence-corrected chi connectivity index (χ1v) is 8.34. The van der Waals surface area contributed by atoms with Gasteiger partial charge in [0.2, 0.25) is 0 Å². The Balaban J connectivity index is 1.89. The monoisotopic (exact) mass is 273 g/mol. The molecule has 0 bridgehead atoms. The summed E-state index contributed by atoms with van der Waals surface area (Å²) in [5.41, 5.74) is -0.420. The van der Waals surface area contributed by atoms with Gasteiger partial charge in [0.05, 0.1) is 11.7 Å². The average molecular weight is 273 g/mol. The number of hydrogen-bond acceptors (Lipinski definition) is 4. The summed E-state index contributed by atoms with van der Waals surface area (Å²) in [5, 5.41) is 13.8. The Hall–Kier alpha value is 0.230. The molecule has 4 heteroatoms. The summed E-state index contributed by atoms with van der Waals surface area (Å²) in [6.07, 6.45) is 4.88. The Labute approximate surface area is 115 Å². The third-order valence-corrected chi connectivity index (χ3v) is 5.40. The number of ether oxygens (including phenoxy) is 1. The van der Waals surface area contributed by atoms with E-state index in [1.807, 2.05) is 13.2 Å². The Kier molecular flexibility index (Phi) is 4.32. The molecule has 2 aliphatic rings. The van der Waals surface area contributed by atoms with Gasteiger partial charge < -0.3 is 15.2 Å². The van der Waals surface area contributed by atoms with E-state index in [1.54, 1.807) is 11.8 Å². The van der Waals surface area contributed by atoms with Crippen molar-refractivity contribution in [1.29, 1.82) is 0 Å². The summed E-state index contributed by atoms with van der Waals surface area (Å²) >= 11 is 1.69. The van der Waals surface area contributed by atoms with Gasteiger partial charge >= 0.3 is 0 Å². The van der Waals surface area contributed by atoms with Crippen molar-refractivity contribution in [3.63, 3.8) is 0 Å². The molecule has 2 N–H and O–H groups in total. The molecule has 0 amide bonds. The molecule has 2 fully saturated rings. The lowest BCUT2D eigenvalue weighted by Gasteiger charge is -2.60. The van der Waals surface area contributed by atoms with Crippen molar-refractivity contribution in [2.75, 3.05) is 25.2 Å². The minimum atomic E-state index is -0.615. The third-order valence-electron chi connectivity index (χ3n) is 4.49. The molecule has 4 atom stereocenters. The second-order valence-corrected chi connectivity index (χ2v) is 7.57. The predicted octanol–water partition coefficient (Wildman–Crippen LogP) is 1.89. The Morgan fingerprint density at radius 1 is 1.50 bits per heavy atom. The van der Waals surface area contributed by atoms with Gasteiger partial charge in [-0.25, -0.2) is 0 Å². The molecule has 1 aliphatic carbocycles. The van der Waals surface area contributed by atoms with Gasteiger partial charge in [-0.2, -0.15) is 11.8 Å². The van der Waals surface area contributed by atoms with Crippen LogP contribution in [-0.2, 0) is 4.74 Å². The van der Waals surface area contributed by atoms with E-state index < -0.39 is 5.60 Å². The molecule has 0 spiro atoms. The summed E-state index contributed by atoms with van der Waals surface area (Å²) in [6.45, 7) is 8.06. The Morgan fingerprint density at radius 2 is 2.22 bits per heavy atom. The van der Waals surface area contributed by atoms with E-state index in [0.29, 0.717) is 24.6 Å². The molecule has 0 aromatic heterocycles. The minimum absolute atomic E-state index is 0.195.